The molecule has 4 heteroatoms. The van der Waals surface area contributed by atoms with Crippen LogP contribution in [0, 0.1) is 11.3 Å². The van der Waals surface area contributed by atoms with Crippen LogP contribution in [0.5, 0.6) is 0 Å². The van der Waals surface area contributed by atoms with E-state index in [9.17, 15) is 9.59 Å². The first kappa shape index (κ1) is 15.0. The molecule has 1 aliphatic heterocycles. The number of carbonyl (C=O) groups is 2. The summed E-state index contributed by atoms with van der Waals surface area (Å²) in [7, 11) is 0. The van der Waals surface area contributed by atoms with Gasteiger partial charge in [-0.3, -0.25) is 9.59 Å². The first-order valence-electron chi connectivity index (χ1n) is 6.72. The van der Waals surface area contributed by atoms with Gasteiger partial charge in [0, 0.05) is 19.0 Å². The number of piperidine rings is 1. The van der Waals surface area contributed by atoms with Gasteiger partial charge in [-0.1, -0.05) is 20.8 Å². The first-order chi connectivity index (χ1) is 8.21. The van der Waals surface area contributed by atoms with E-state index in [4.69, 9.17) is 5.11 Å². The van der Waals surface area contributed by atoms with Gasteiger partial charge in [0.05, 0.1) is 6.42 Å². The van der Waals surface area contributed by atoms with Gasteiger partial charge in [0.1, 0.15) is 0 Å². The highest BCUT2D eigenvalue weighted by molar-refractivity contribution is 5.78. The van der Waals surface area contributed by atoms with E-state index in [0.717, 1.165) is 19.4 Å². The number of carbonyl (C=O) groups excluding carboxylic acids is 1. The highest BCUT2D eigenvalue weighted by atomic mass is 16.4. The fourth-order valence-electron chi connectivity index (χ4n) is 2.76. The van der Waals surface area contributed by atoms with Crippen LogP contribution >= 0.6 is 0 Å². The van der Waals surface area contributed by atoms with Crippen LogP contribution in [-0.4, -0.2) is 34.5 Å². The van der Waals surface area contributed by atoms with Crippen molar-refractivity contribution in [3.8, 4) is 0 Å². The Hall–Kier alpha value is -1.06. The van der Waals surface area contributed by atoms with Gasteiger partial charge in [-0.05, 0) is 31.1 Å². The quantitative estimate of drug-likeness (QED) is 0.839. The number of hydrogen-bond donors (Lipinski definition) is 1. The number of carboxylic acid groups (broad SMARTS) is 1. The minimum atomic E-state index is -0.840. The van der Waals surface area contributed by atoms with Gasteiger partial charge < -0.3 is 10.0 Å². The zero-order valence-corrected chi connectivity index (χ0v) is 11.9. The number of aliphatic carboxylic acids is 1. The zero-order chi connectivity index (χ0) is 13.9. The van der Waals surface area contributed by atoms with Crippen LogP contribution in [-0.2, 0) is 9.59 Å². The van der Waals surface area contributed by atoms with Gasteiger partial charge in [0.15, 0.2) is 0 Å². The van der Waals surface area contributed by atoms with Crippen molar-refractivity contribution in [1.29, 1.82) is 0 Å². The topological polar surface area (TPSA) is 57.6 Å². The van der Waals surface area contributed by atoms with Crippen molar-refractivity contribution in [2.24, 2.45) is 11.3 Å². The van der Waals surface area contributed by atoms with Crippen LogP contribution in [0.25, 0.3) is 0 Å². The third-order valence-electron chi connectivity index (χ3n) is 3.72. The molecule has 1 heterocycles. The van der Waals surface area contributed by atoms with E-state index in [2.05, 4.69) is 13.8 Å². The van der Waals surface area contributed by atoms with Crippen molar-refractivity contribution in [3.63, 3.8) is 0 Å². The molecule has 1 fully saturated rings. The highest BCUT2D eigenvalue weighted by Crippen LogP contribution is 2.29. The van der Waals surface area contributed by atoms with Gasteiger partial charge >= 0.3 is 5.97 Å². The summed E-state index contributed by atoms with van der Waals surface area (Å²) in [6, 6.07) is 0.280. The van der Waals surface area contributed by atoms with Gasteiger partial charge in [-0.2, -0.15) is 0 Å². The van der Waals surface area contributed by atoms with E-state index in [-0.39, 0.29) is 18.4 Å². The van der Waals surface area contributed by atoms with Gasteiger partial charge in [0.25, 0.3) is 0 Å². The lowest BCUT2D eigenvalue weighted by atomic mass is 9.84. The van der Waals surface area contributed by atoms with Crippen molar-refractivity contribution in [1.82, 2.24) is 4.90 Å². The van der Waals surface area contributed by atoms with Crippen molar-refractivity contribution in [3.05, 3.63) is 0 Å². The minimum absolute atomic E-state index is 0.0391. The van der Waals surface area contributed by atoms with Crippen molar-refractivity contribution < 1.29 is 14.7 Å². The van der Waals surface area contributed by atoms with E-state index in [1.807, 2.05) is 18.7 Å². The maximum absolute atomic E-state index is 12.2. The SMILES string of the molecule is CC1CCN(C(=O)CC(C)(C)CC(=O)O)C(C)C1. The molecule has 0 bridgehead atoms. The van der Waals surface area contributed by atoms with E-state index >= 15 is 0 Å². The molecule has 0 aromatic heterocycles. The van der Waals surface area contributed by atoms with Crippen LogP contribution in [0.4, 0.5) is 0 Å². The molecular weight excluding hydrogens is 230 g/mol. The molecule has 2 unspecified atom stereocenters. The Morgan fingerprint density at radius 3 is 2.39 bits per heavy atom. The van der Waals surface area contributed by atoms with Crippen LogP contribution in [0.3, 0.4) is 0 Å². The predicted octanol–water partition coefficient (Wildman–Crippen LogP) is 2.52. The molecule has 1 N–H and O–H groups in total. The summed E-state index contributed by atoms with van der Waals surface area (Å²) in [5, 5.41) is 8.83. The van der Waals surface area contributed by atoms with Crippen LogP contribution in [0.2, 0.25) is 0 Å². The highest BCUT2D eigenvalue weighted by Gasteiger charge is 2.31. The molecule has 4 nitrogen and oxygen atoms in total. The lowest BCUT2D eigenvalue weighted by Crippen LogP contribution is -2.45. The maximum atomic E-state index is 12.2. The van der Waals surface area contributed by atoms with Crippen LogP contribution in [0.1, 0.15) is 53.4 Å². The first-order valence-corrected chi connectivity index (χ1v) is 6.72. The summed E-state index contributed by atoms with van der Waals surface area (Å²) in [6.07, 6.45) is 2.45. The second kappa shape index (κ2) is 5.72. The normalized spacial score (nSPS) is 25.0. The van der Waals surface area contributed by atoms with Crippen molar-refractivity contribution in [2.75, 3.05) is 6.54 Å². The Kier molecular flexibility index (Phi) is 4.77. The Labute approximate surface area is 109 Å². The molecule has 0 saturated carbocycles. The third kappa shape index (κ3) is 4.31. The molecule has 1 saturated heterocycles. The molecule has 104 valence electrons. The smallest absolute Gasteiger partial charge is 0.303 e. The average Bonchev–Trinajstić information content (AvgIpc) is 2.13. The largest absolute Gasteiger partial charge is 0.481 e. The van der Waals surface area contributed by atoms with Gasteiger partial charge in [0.2, 0.25) is 5.91 Å². The zero-order valence-electron chi connectivity index (χ0n) is 11.9. The molecule has 1 amide bonds. The molecule has 0 aliphatic carbocycles. The van der Waals surface area contributed by atoms with Crippen LogP contribution in [0.15, 0.2) is 0 Å². The summed E-state index contributed by atoms with van der Waals surface area (Å²) < 4.78 is 0. The van der Waals surface area contributed by atoms with E-state index in [0.29, 0.717) is 12.3 Å². The lowest BCUT2D eigenvalue weighted by Gasteiger charge is -2.38. The molecule has 0 aromatic carbocycles. The molecule has 0 radical (unpaired) electrons. The van der Waals surface area contributed by atoms with Crippen LogP contribution < -0.4 is 0 Å². The number of likely N-dealkylation sites (tertiary alicyclic amines) is 1. The summed E-state index contributed by atoms with van der Waals surface area (Å²) in [5.74, 6) is -0.0650. The van der Waals surface area contributed by atoms with E-state index < -0.39 is 11.4 Å². The maximum Gasteiger partial charge on any atom is 0.303 e. The Balaban J connectivity index is 2.57. The fourth-order valence-corrected chi connectivity index (χ4v) is 2.76. The third-order valence-corrected chi connectivity index (χ3v) is 3.72. The number of amides is 1. The molecule has 0 spiro atoms. The Morgan fingerprint density at radius 2 is 1.89 bits per heavy atom. The molecular formula is C14H25NO3. The van der Waals surface area contributed by atoms with Gasteiger partial charge in [-0.25, -0.2) is 0 Å². The molecule has 1 rings (SSSR count). The fraction of sp³-hybridized carbons (Fsp3) is 0.857. The number of carboxylic acids is 1. The summed E-state index contributed by atoms with van der Waals surface area (Å²) in [5.41, 5.74) is -0.467. The molecule has 0 aromatic rings. The summed E-state index contributed by atoms with van der Waals surface area (Å²) in [6.45, 7) is 8.79. The Morgan fingerprint density at radius 1 is 1.28 bits per heavy atom. The van der Waals surface area contributed by atoms with Crippen molar-refractivity contribution >= 4 is 11.9 Å². The minimum Gasteiger partial charge on any atom is -0.481 e. The van der Waals surface area contributed by atoms with Gasteiger partial charge in [-0.15, -0.1) is 0 Å². The number of hydrogen-bond acceptors (Lipinski definition) is 2. The lowest BCUT2D eigenvalue weighted by molar-refractivity contribution is -0.141. The average molecular weight is 255 g/mol. The standard InChI is InChI=1S/C14H25NO3/c1-10-5-6-15(11(2)7-10)12(16)8-14(3,4)9-13(17)18/h10-11H,5-9H2,1-4H3,(H,17,18). The monoisotopic (exact) mass is 255 g/mol. The number of nitrogens with zero attached hydrogens (tertiary/aromatic N) is 1. The molecule has 1 aliphatic rings. The second-order valence-corrected chi connectivity index (χ2v) is 6.48. The predicted molar refractivity (Wildman–Crippen MR) is 70.2 cm³/mol. The van der Waals surface area contributed by atoms with E-state index in [1.54, 1.807) is 0 Å². The second-order valence-electron chi connectivity index (χ2n) is 6.48. The summed E-state index contributed by atoms with van der Waals surface area (Å²) >= 11 is 0. The molecule has 2 atom stereocenters. The molecule has 18 heavy (non-hydrogen) atoms. The van der Waals surface area contributed by atoms with Crippen molar-refractivity contribution in [2.45, 2.75) is 59.4 Å². The summed E-state index contributed by atoms with van der Waals surface area (Å²) in [4.78, 5) is 24.9. The van der Waals surface area contributed by atoms with E-state index in [1.165, 1.54) is 0 Å². The Bertz CT molecular complexity index is 325. The number of rotatable bonds is 4.